The van der Waals surface area contributed by atoms with Crippen LogP contribution < -0.4 is 5.32 Å². The highest BCUT2D eigenvalue weighted by atomic mass is 16.4. The zero-order chi connectivity index (χ0) is 12.8. The number of urea groups is 1. The first-order chi connectivity index (χ1) is 7.37. The smallest absolute Gasteiger partial charge is 0.329 e. The second kappa shape index (κ2) is 6.01. The maximum atomic E-state index is 11.7. The molecular formula is C11H18N2O3. The van der Waals surface area contributed by atoms with Gasteiger partial charge in [-0.15, -0.1) is 5.92 Å². The van der Waals surface area contributed by atoms with Gasteiger partial charge < -0.3 is 15.3 Å². The summed E-state index contributed by atoms with van der Waals surface area (Å²) >= 11 is 0. The van der Waals surface area contributed by atoms with Crippen molar-refractivity contribution in [2.75, 3.05) is 13.1 Å². The van der Waals surface area contributed by atoms with E-state index in [9.17, 15) is 9.59 Å². The van der Waals surface area contributed by atoms with Crippen LogP contribution in [0.2, 0.25) is 0 Å². The number of aliphatic carboxylic acids is 1. The monoisotopic (exact) mass is 226 g/mol. The summed E-state index contributed by atoms with van der Waals surface area (Å²) < 4.78 is 0. The van der Waals surface area contributed by atoms with Crippen molar-refractivity contribution in [1.82, 2.24) is 10.2 Å². The first-order valence-electron chi connectivity index (χ1n) is 5.06. The van der Waals surface area contributed by atoms with Crippen LogP contribution >= 0.6 is 0 Å². The van der Waals surface area contributed by atoms with Gasteiger partial charge in [-0.2, -0.15) is 0 Å². The Bertz CT molecular complexity index is 326. The van der Waals surface area contributed by atoms with Gasteiger partial charge in [-0.1, -0.05) is 5.92 Å². The van der Waals surface area contributed by atoms with Crippen molar-refractivity contribution in [3.05, 3.63) is 0 Å². The van der Waals surface area contributed by atoms with Crippen molar-refractivity contribution in [3.8, 4) is 11.8 Å². The molecule has 0 aromatic carbocycles. The van der Waals surface area contributed by atoms with Crippen molar-refractivity contribution in [3.63, 3.8) is 0 Å². The summed E-state index contributed by atoms with van der Waals surface area (Å²) in [5, 5.41) is 11.6. The molecule has 0 heterocycles. The van der Waals surface area contributed by atoms with Crippen LogP contribution in [0, 0.1) is 11.8 Å². The van der Waals surface area contributed by atoms with E-state index in [0.29, 0.717) is 6.54 Å². The molecule has 16 heavy (non-hydrogen) atoms. The van der Waals surface area contributed by atoms with Gasteiger partial charge in [0.05, 0.1) is 6.54 Å². The molecule has 0 atom stereocenters. The molecule has 0 aromatic heterocycles. The van der Waals surface area contributed by atoms with E-state index in [1.165, 1.54) is 18.7 Å². The van der Waals surface area contributed by atoms with E-state index in [2.05, 4.69) is 17.2 Å². The van der Waals surface area contributed by atoms with Gasteiger partial charge in [0.15, 0.2) is 0 Å². The van der Waals surface area contributed by atoms with E-state index >= 15 is 0 Å². The Balaban J connectivity index is 4.64. The van der Waals surface area contributed by atoms with Gasteiger partial charge in [-0.3, -0.25) is 0 Å². The number of nitrogens with zero attached hydrogens (tertiary/aromatic N) is 1. The lowest BCUT2D eigenvalue weighted by molar-refractivity contribution is -0.147. The average Bonchev–Trinajstić information content (AvgIpc) is 2.18. The summed E-state index contributed by atoms with van der Waals surface area (Å²) in [6.07, 6.45) is 0. The lowest BCUT2D eigenvalue weighted by Gasteiger charge is -2.33. The number of carboxylic acids is 1. The molecule has 0 spiro atoms. The van der Waals surface area contributed by atoms with Gasteiger partial charge in [0, 0.05) is 6.54 Å². The Morgan fingerprint density at radius 1 is 1.44 bits per heavy atom. The summed E-state index contributed by atoms with van der Waals surface area (Å²) in [5.74, 6) is 4.29. The van der Waals surface area contributed by atoms with Crippen molar-refractivity contribution in [1.29, 1.82) is 0 Å². The summed E-state index contributed by atoms with van der Waals surface area (Å²) in [6, 6.07) is -0.419. The lowest BCUT2D eigenvalue weighted by atomic mass is 10.0. The van der Waals surface area contributed by atoms with Crippen LogP contribution in [-0.4, -0.2) is 40.6 Å². The fraction of sp³-hybridized carbons (Fsp3) is 0.636. The Hall–Kier alpha value is -1.70. The predicted octanol–water partition coefficient (Wildman–Crippen LogP) is 0.904. The summed E-state index contributed by atoms with van der Waals surface area (Å²) in [4.78, 5) is 23.9. The Kier molecular flexibility index (Phi) is 5.37. The molecular weight excluding hydrogens is 208 g/mol. The van der Waals surface area contributed by atoms with Gasteiger partial charge in [-0.05, 0) is 27.7 Å². The molecule has 0 aliphatic heterocycles. The largest absolute Gasteiger partial charge is 0.480 e. The van der Waals surface area contributed by atoms with Crippen LogP contribution in [-0.2, 0) is 4.79 Å². The SMILES string of the molecule is CC#CCNC(=O)N(CC)C(C)(C)C(=O)O. The topological polar surface area (TPSA) is 69.6 Å². The molecule has 5 nitrogen and oxygen atoms in total. The van der Waals surface area contributed by atoms with Gasteiger partial charge in [-0.25, -0.2) is 9.59 Å². The van der Waals surface area contributed by atoms with Crippen molar-refractivity contribution >= 4 is 12.0 Å². The number of carbonyl (C=O) groups excluding carboxylic acids is 1. The normalized spacial score (nSPS) is 10.0. The molecule has 0 aliphatic rings. The quantitative estimate of drug-likeness (QED) is 0.700. The van der Waals surface area contributed by atoms with Crippen molar-refractivity contribution in [2.24, 2.45) is 0 Å². The average molecular weight is 226 g/mol. The van der Waals surface area contributed by atoms with Crippen LogP contribution in [0.15, 0.2) is 0 Å². The zero-order valence-electron chi connectivity index (χ0n) is 10.1. The van der Waals surface area contributed by atoms with E-state index in [0.717, 1.165) is 0 Å². The molecule has 0 fully saturated rings. The summed E-state index contributed by atoms with van der Waals surface area (Å²) in [5.41, 5.74) is -1.22. The van der Waals surface area contributed by atoms with Crippen molar-refractivity contribution < 1.29 is 14.7 Å². The number of amides is 2. The molecule has 0 saturated carbocycles. The minimum absolute atomic E-state index is 0.224. The van der Waals surface area contributed by atoms with Gasteiger partial charge in [0.25, 0.3) is 0 Å². The first-order valence-corrected chi connectivity index (χ1v) is 5.06. The van der Waals surface area contributed by atoms with Crippen LogP contribution in [0.3, 0.4) is 0 Å². The van der Waals surface area contributed by atoms with E-state index in [-0.39, 0.29) is 6.54 Å². The van der Waals surface area contributed by atoms with E-state index in [4.69, 9.17) is 5.11 Å². The van der Waals surface area contributed by atoms with Crippen LogP contribution in [0.4, 0.5) is 4.79 Å². The fourth-order valence-corrected chi connectivity index (χ4v) is 1.21. The summed E-state index contributed by atoms with van der Waals surface area (Å²) in [6.45, 7) is 6.93. The fourth-order valence-electron chi connectivity index (χ4n) is 1.21. The zero-order valence-corrected chi connectivity index (χ0v) is 10.1. The minimum atomic E-state index is -1.22. The highest BCUT2D eigenvalue weighted by Gasteiger charge is 2.36. The predicted molar refractivity (Wildman–Crippen MR) is 60.9 cm³/mol. The number of rotatable bonds is 4. The maximum Gasteiger partial charge on any atom is 0.329 e. The standard InChI is InChI=1S/C11H18N2O3/c1-5-7-8-12-10(16)13(6-2)11(3,4)9(14)15/h6,8H2,1-4H3,(H,12,16)(H,14,15). The lowest BCUT2D eigenvalue weighted by Crippen LogP contribution is -2.56. The Labute approximate surface area is 95.8 Å². The minimum Gasteiger partial charge on any atom is -0.480 e. The number of hydrogen-bond donors (Lipinski definition) is 2. The second-order valence-electron chi connectivity index (χ2n) is 3.69. The molecule has 2 N–H and O–H groups in total. The molecule has 0 radical (unpaired) electrons. The first kappa shape index (κ1) is 14.3. The molecule has 0 saturated heterocycles. The third kappa shape index (κ3) is 3.46. The number of nitrogens with one attached hydrogen (secondary N) is 1. The number of hydrogen-bond acceptors (Lipinski definition) is 2. The summed E-state index contributed by atoms with van der Waals surface area (Å²) in [7, 11) is 0. The second-order valence-corrected chi connectivity index (χ2v) is 3.69. The Morgan fingerprint density at radius 3 is 2.38 bits per heavy atom. The maximum absolute atomic E-state index is 11.7. The van der Waals surface area contributed by atoms with Crippen molar-refractivity contribution in [2.45, 2.75) is 33.2 Å². The number of likely N-dealkylation sites (N-methyl/N-ethyl adjacent to an activating group) is 1. The van der Waals surface area contributed by atoms with Crippen LogP contribution in [0.25, 0.3) is 0 Å². The number of carboxylic acid groups (broad SMARTS) is 1. The molecule has 90 valence electrons. The molecule has 5 heteroatoms. The molecule has 2 amide bonds. The van der Waals surface area contributed by atoms with Crippen LogP contribution in [0.1, 0.15) is 27.7 Å². The van der Waals surface area contributed by atoms with E-state index < -0.39 is 17.5 Å². The van der Waals surface area contributed by atoms with Gasteiger partial charge in [0.2, 0.25) is 0 Å². The Morgan fingerprint density at radius 2 is 2.00 bits per heavy atom. The van der Waals surface area contributed by atoms with Gasteiger partial charge in [0.1, 0.15) is 5.54 Å². The molecule has 0 rings (SSSR count). The molecule has 0 bridgehead atoms. The number of carbonyl (C=O) groups is 2. The highest BCUT2D eigenvalue weighted by molar-refractivity contribution is 5.85. The molecule has 0 aromatic rings. The molecule has 0 unspecified atom stereocenters. The third-order valence-electron chi connectivity index (χ3n) is 2.26. The highest BCUT2D eigenvalue weighted by Crippen LogP contribution is 2.14. The third-order valence-corrected chi connectivity index (χ3v) is 2.26. The van der Waals surface area contributed by atoms with E-state index in [1.54, 1.807) is 13.8 Å². The van der Waals surface area contributed by atoms with E-state index in [1.807, 2.05) is 0 Å². The van der Waals surface area contributed by atoms with Crippen LogP contribution in [0.5, 0.6) is 0 Å². The molecule has 0 aliphatic carbocycles. The van der Waals surface area contributed by atoms with Gasteiger partial charge >= 0.3 is 12.0 Å².